The number of carbonyl (C=O) groups excluding carboxylic acids is 2. The Balaban J connectivity index is 2.42. The predicted octanol–water partition coefficient (Wildman–Crippen LogP) is 0.560. The molecule has 1 radical (unpaired) electrons. The molecule has 1 fully saturated rings. The summed E-state index contributed by atoms with van der Waals surface area (Å²) in [6, 6.07) is -0.0514. The summed E-state index contributed by atoms with van der Waals surface area (Å²) in [5.74, 6) is 0.114. The number of carbonyl (C=O) groups is 1. The van der Waals surface area contributed by atoms with Crippen molar-refractivity contribution in [2.24, 2.45) is 0 Å². The Bertz CT molecular complexity index is 219. The van der Waals surface area contributed by atoms with Crippen LogP contribution in [0.3, 0.4) is 0 Å². The van der Waals surface area contributed by atoms with E-state index in [0.717, 1.165) is 19.4 Å². The number of nitrogens with one attached hydrogen (secondary N) is 1. The van der Waals surface area contributed by atoms with E-state index in [1.54, 1.807) is 13.8 Å². The number of ketones is 1. The molecule has 79 valence electrons. The van der Waals surface area contributed by atoms with Crippen molar-refractivity contribution in [3.05, 3.63) is 0 Å². The topological polar surface area (TPSA) is 55.4 Å². The number of ether oxygens (including phenoxy) is 1. The van der Waals surface area contributed by atoms with E-state index in [9.17, 15) is 9.59 Å². The van der Waals surface area contributed by atoms with Gasteiger partial charge < -0.3 is 10.1 Å². The standard InChI is InChI=1S/C10H16NO3/c1-10(2,14-7-12)6-9(13)8-4-3-5-11-8/h8,11H,3-6H2,1-2H3. The van der Waals surface area contributed by atoms with Crippen molar-refractivity contribution in [3.8, 4) is 0 Å². The Morgan fingerprint density at radius 3 is 2.86 bits per heavy atom. The normalized spacial score (nSPS) is 22.0. The molecule has 0 aromatic carbocycles. The van der Waals surface area contributed by atoms with Gasteiger partial charge >= 0.3 is 6.47 Å². The largest absolute Gasteiger partial charge is 0.451 e. The van der Waals surface area contributed by atoms with Crippen LogP contribution in [-0.4, -0.2) is 30.4 Å². The summed E-state index contributed by atoms with van der Waals surface area (Å²) >= 11 is 0. The third-order valence-electron chi connectivity index (χ3n) is 2.37. The van der Waals surface area contributed by atoms with Crippen molar-refractivity contribution in [2.75, 3.05) is 6.54 Å². The smallest absolute Gasteiger partial charge is 0.418 e. The monoisotopic (exact) mass is 198 g/mol. The molecule has 1 aliphatic rings. The maximum absolute atomic E-state index is 11.7. The van der Waals surface area contributed by atoms with Gasteiger partial charge in [0.15, 0.2) is 5.78 Å². The highest BCUT2D eigenvalue weighted by atomic mass is 16.5. The Labute approximate surface area is 84.0 Å². The molecule has 1 saturated heterocycles. The van der Waals surface area contributed by atoms with E-state index < -0.39 is 5.60 Å². The van der Waals surface area contributed by atoms with E-state index in [2.05, 4.69) is 5.32 Å². The maximum atomic E-state index is 11.7. The molecular weight excluding hydrogens is 182 g/mol. The summed E-state index contributed by atoms with van der Waals surface area (Å²) < 4.78 is 4.71. The van der Waals surface area contributed by atoms with Crippen LogP contribution in [-0.2, 0) is 14.3 Å². The van der Waals surface area contributed by atoms with Gasteiger partial charge in [-0.1, -0.05) is 0 Å². The number of rotatable bonds is 5. The molecule has 0 spiro atoms. The van der Waals surface area contributed by atoms with E-state index >= 15 is 0 Å². The molecular formula is C10H16NO3. The lowest BCUT2D eigenvalue weighted by Crippen LogP contribution is -2.37. The van der Waals surface area contributed by atoms with Crippen LogP contribution in [0.4, 0.5) is 0 Å². The second-order valence-corrected chi connectivity index (χ2v) is 4.24. The van der Waals surface area contributed by atoms with Crippen LogP contribution >= 0.6 is 0 Å². The zero-order chi connectivity index (χ0) is 10.6. The highest BCUT2D eigenvalue weighted by molar-refractivity contribution is 5.85. The summed E-state index contributed by atoms with van der Waals surface area (Å²) in [4.78, 5) is 21.7. The van der Waals surface area contributed by atoms with Crippen molar-refractivity contribution in [3.63, 3.8) is 0 Å². The van der Waals surface area contributed by atoms with Gasteiger partial charge in [0.1, 0.15) is 5.60 Å². The molecule has 1 heterocycles. The molecule has 0 amide bonds. The minimum atomic E-state index is -0.733. The second-order valence-electron chi connectivity index (χ2n) is 4.24. The Hall–Kier alpha value is -0.900. The van der Waals surface area contributed by atoms with Gasteiger partial charge in [-0.15, -0.1) is 0 Å². The quantitative estimate of drug-likeness (QED) is 0.701. The maximum Gasteiger partial charge on any atom is 0.418 e. The van der Waals surface area contributed by atoms with Gasteiger partial charge in [0.2, 0.25) is 0 Å². The van der Waals surface area contributed by atoms with Crippen LogP contribution < -0.4 is 5.32 Å². The Morgan fingerprint density at radius 2 is 2.36 bits per heavy atom. The van der Waals surface area contributed by atoms with Crippen molar-refractivity contribution < 1.29 is 14.3 Å². The first-order valence-corrected chi connectivity index (χ1v) is 4.86. The third kappa shape index (κ3) is 3.10. The van der Waals surface area contributed by atoms with Crippen LogP contribution in [0.15, 0.2) is 0 Å². The average molecular weight is 198 g/mol. The first kappa shape index (κ1) is 11.2. The molecule has 0 aromatic rings. The third-order valence-corrected chi connectivity index (χ3v) is 2.37. The van der Waals surface area contributed by atoms with Crippen molar-refractivity contribution in [1.82, 2.24) is 5.32 Å². The van der Waals surface area contributed by atoms with Crippen molar-refractivity contribution in [2.45, 2.75) is 44.8 Å². The van der Waals surface area contributed by atoms with Crippen LogP contribution in [0.5, 0.6) is 0 Å². The fraction of sp³-hybridized carbons (Fsp3) is 0.800. The van der Waals surface area contributed by atoms with Crippen molar-refractivity contribution in [1.29, 1.82) is 0 Å². The van der Waals surface area contributed by atoms with Gasteiger partial charge in [-0.2, -0.15) is 0 Å². The van der Waals surface area contributed by atoms with Gasteiger partial charge in [-0.05, 0) is 33.2 Å². The predicted molar refractivity (Wildman–Crippen MR) is 51.5 cm³/mol. The molecule has 1 unspecified atom stereocenters. The van der Waals surface area contributed by atoms with Crippen molar-refractivity contribution >= 4 is 12.3 Å². The highest BCUT2D eigenvalue weighted by Crippen LogP contribution is 2.17. The summed E-state index contributed by atoms with van der Waals surface area (Å²) in [6.07, 6.45) is 2.18. The number of Topliss-reactive ketones (excluding diaryl/α,β-unsaturated/α-hetero) is 1. The second kappa shape index (κ2) is 4.55. The average Bonchev–Trinajstić information content (AvgIpc) is 2.53. The highest BCUT2D eigenvalue weighted by Gasteiger charge is 2.29. The molecule has 1 atom stereocenters. The zero-order valence-electron chi connectivity index (χ0n) is 8.63. The molecule has 1 rings (SSSR count). The molecule has 14 heavy (non-hydrogen) atoms. The van der Waals surface area contributed by atoms with Crippen LogP contribution in [0.25, 0.3) is 0 Å². The molecule has 4 heteroatoms. The first-order valence-electron chi connectivity index (χ1n) is 4.86. The van der Waals surface area contributed by atoms with Gasteiger partial charge in [-0.25, -0.2) is 4.79 Å². The fourth-order valence-corrected chi connectivity index (χ4v) is 1.65. The lowest BCUT2D eigenvalue weighted by molar-refractivity contribution is -0.124. The fourth-order valence-electron chi connectivity index (χ4n) is 1.65. The molecule has 0 aliphatic carbocycles. The lowest BCUT2D eigenvalue weighted by atomic mass is 9.97. The zero-order valence-corrected chi connectivity index (χ0v) is 8.63. The van der Waals surface area contributed by atoms with E-state index in [4.69, 9.17) is 4.74 Å². The number of hydrogen-bond acceptors (Lipinski definition) is 4. The van der Waals surface area contributed by atoms with Gasteiger partial charge in [0.25, 0.3) is 0 Å². The van der Waals surface area contributed by atoms with Gasteiger partial charge in [0.05, 0.1) is 6.04 Å². The molecule has 0 aromatic heterocycles. The summed E-state index contributed by atoms with van der Waals surface area (Å²) in [7, 11) is 0. The van der Waals surface area contributed by atoms with Gasteiger partial charge in [-0.3, -0.25) is 4.79 Å². The first-order chi connectivity index (χ1) is 6.55. The van der Waals surface area contributed by atoms with E-state index in [-0.39, 0.29) is 18.2 Å². The van der Waals surface area contributed by atoms with E-state index in [1.807, 2.05) is 0 Å². The minimum Gasteiger partial charge on any atom is -0.451 e. The van der Waals surface area contributed by atoms with E-state index in [0.29, 0.717) is 0 Å². The van der Waals surface area contributed by atoms with Crippen LogP contribution in [0, 0.1) is 0 Å². The number of hydrogen-bond donors (Lipinski definition) is 1. The summed E-state index contributed by atoms with van der Waals surface area (Å²) in [6.45, 7) is 5.71. The molecule has 1 N–H and O–H groups in total. The lowest BCUT2D eigenvalue weighted by Gasteiger charge is -2.22. The minimum absolute atomic E-state index is 0.0514. The van der Waals surface area contributed by atoms with Gasteiger partial charge in [0, 0.05) is 6.42 Å². The molecule has 4 nitrogen and oxygen atoms in total. The molecule has 0 saturated carbocycles. The molecule has 0 bridgehead atoms. The van der Waals surface area contributed by atoms with Crippen LogP contribution in [0.1, 0.15) is 33.1 Å². The summed E-state index contributed by atoms with van der Waals surface area (Å²) in [5, 5.41) is 3.12. The molecule has 1 aliphatic heterocycles. The van der Waals surface area contributed by atoms with E-state index in [1.165, 1.54) is 6.47 Å². The summed E-state index contributed by atoms with van der Waals surface area (Å²) in [5.41, 5.74) is -0.733. The Morgan fingerprint density at radius 1 is 1.64 bits per heavy atom. The Kier molecular flexibility index (Phi) is 3.63. The SMILES string of the molecule is CC(C)(CC(=O)C1CCCN1)O[C]=O. The van der Waals surface area contributed by atoms with Crippen LogP contribution in [0.2, 0.25) is 0 Å².